The number of nitrogens with zero attached hydrogens (tertiary/aromatic N) is 2. The number of likely N-dealkylation sites (tertiary alicyclic amines) is 1. The van der Waals surface area contributed by atoms with E-state index in [1.807, 2.05) is 12.1 Å². The van der Waals surface area contributed by atoms with Crippen molar-refractivity contribution in [2.45, 2.75) is 25.8 Å². The van der Waals surface area contributed by atoms with Gasteiger partial charge >= 0.3 is 0 Å². The van der Waals surface area contributed by atoms with E-state index in [-0.39, 0.29) is 5.91 Å². The number of hydrogen-bond acceptors (Lipinski definition) is 5. The van der Waals surface area contributed by atoms with Gasteiger partial charge in [0.15, 0.2) is 0 Å². The highest BCUT2D eigenvalue weighted by Crippen LogP contribution is 2.21. The average molecular weight is 319 g/mol. The summed E-state index contributed by atoms with van der Waals surface area (Å²) in [4.78, 5) is 18.9. The Hall–Kier alpha value is -1.66. The van der Waals surface area contributed by atoms with Gasteiger partial charge in [0.1, 0.15) is 10.6 Å². The maximum atomic E-state index is 11.9. The Morgan fingerprint density at radius 3 is 3.27 bits per heavy atom. The largest absolute Gasteiger partial charge is 0.468 e. The number of rotatable bonds is 6. The second kappa shape index (κ2) is 7.56. The molecule has 1 atom stereocenters. The molecule has 2 aromatic rings. The quantitative estimate of drug-likeness (QED) is 0.889. The molecule has 0 aliphatic carbocycles. The van der Waals surface area contributed by atoms with Crippen LogP contribution in [0.2, 0.25) is 0 Å². The average Bonchev–Trinajstić information content (AvgIpc) is 3.21. The van der Waals surface area contributed by atoms with Gasteiger partial charge in [-0.3, -0.25) is 14.7 Å². The fourth-order valence-electron chi connectivity index (χ4n) is 2.96. The van der Waals surface area contributed by atoms with Gasteiger partial charge in [-0.1, -0.05) is 0 Å². The van der Waals surface area contributed by atoms with Crippen LogP contribution in [0.25, 0.3) is 0 Å². The molecular weight excluding hydrogens is 298 g/mol. The molecule has 0 bridgehead atoms. The molecule has 6 heteroatoms. The van der Waals surface area contributed by atoms with Gasteiger partial charge in [-0.05, 0) is 43.9 Å². The topological polar surface area (TPSA) is 58.4 Å². The number of furan rings is 1. The second-order valence-electron chi connectivity index (χ2n) is 5.73. The lowest BCUT2D eigenvalue weighted by atomic mass is 9.94. The van der Waals surface area contributed by atoms with Crippen LogP contribution in [-0.4, -0.2) is 35.4 Å². The number of thiazole rings is 1. The van der Waals surface area contributed by atoms with Gasteiger partial charge in [-0.15, -0.1) is 11.3 Å². The third-order valence-electron chi connectivity index (χ3n) is 4.06. The standard InChI is InChI=1S/C16H21N3O2S/c20-16(15-9-17-12-22-15)18-6-5-13-3-1-7-19(10-13)11-14-4-2-8-21-14/h2,4,8-9,12-13H,1,3,5-7,10-11H2,(H,18,20)/t13-/m0/s1. The number of nitrogens with one attached hydrogen (secondary N) is 1. The molecule has 1 amide bonds. The fraction of sp³-hybridized carbons (Fsp3) is 0.500. The molecule has 1 N–H and O–H groups in total. The van der Waals surface area contributed by atoms with E-state index in [4.69, 9.17) is 4.42 Å². The first-order valence-electron chi connectivity index (χ1n) is 7.72. The van der Waals surface area contributed by atoms with E-state index in [0.29, 0.717) is 10.8 Å². The number of aromatic nitrogens is 1. The molecule has 0 spiro atoms. The van der Waals surface area contributed by atoms with Crippen molar-refractivity contribution in [2.24, 2.45) is 5.92 Å². The monoisotopic (exact) mass is 319 g/mol. The maximum absolute atomic E-state index is 11.9. The van der Waals surface area contributed by atoms with Crippen molar-refractivity contribution >= 4 is 17.2 Å². The lowest BCUT2D eigenvalue weighted by Gasteiger charge is -2.32. The number of piperidine rings is 1. The molecule has 3 heterocycles. The van der Waals surface area contributed by atoms with E-state index < -0.39 is 0 Å². The van der Waals surface area contributed by atoms with Crippen molar-refractivity contribution in [3.8, 4) is 0 Å². The molecule has 0 aromatic carbocycles. The molecule has 0 unspecified atom stereocenters. The summed E-state index contributed by atoms with van der Waals surface area (Å²) in [6, 6.07) is 3.96. The van der Waals surface area contributed by atoms with E-state index in [9.17, 15) is 4.79 Å². The number of carbonyl (C=O) groups excluding carboxylic acids is 1. The molecule has 1 aliphatic heterocycles. The highest BCUT2D eigenvalue weighted by molar-refractivity contribution is 7.11. The number of carbonyl (C=O) groups is 1. The summed E-state index contributed by atoms with van der Waals surface area (Å²) in [7, 11) is 0. The van der Waals surface area contributed by atoms with E-state index in [1.54, 1.807) is 18.0 Å². The van der Waals surface area contributed by atoms with Gasteiger partial charge in [0.05, 0.1) is 24.5 Å². The summed E-state index contributed by atoms with van der Waals surface area (Å²) in [5.74, 6) is 1.66. The van der Waals surface area contributed by atoms with Crippen molar-refractivity contribution in [3.05, 3.63) is 40.7 Å². The predicted molar refractivity (Wildman–Crippen MR) is 85.8 cm³/mol. The minimum atomic E-state index is -0.00856. The van der Waals surface area contributed by atoms with Crippen LogP contribution >= 0.6 is 11.3 Å². The molecule has 3 rings (SSSR count). The minimum Gasteiger partial charge on any atom is -0.468 e. The summed E-state index contributed by atoms with van der Waals surface area (Å²) in [6.07, 6.45) is 6.83. The van der Waals surface area contributed by atoms with Gasteiger partial charge in [-0.25, -0.2) is 0 Å². The molecule has 118 valence electrons. The number of amides is 1. The zero-order chi connectivity index (χ0) is 15.2. The summed E-state index contributed by atoms with van der Waals surface area (Å²) < 4.78 is 5.42. The maximum Gasteiger partial charge on any atom is 0.262 e. The van der Waals surface area contributed by atoms with Crippen LogP contribution < -0.4 is 5.32 Å². The molecule has 1 fully saturated rings. The first-order chi connectivity index (χ1) is 10.8. The van der Waals surface area contributed by atoms with Crippen LogP contribution in [-0.2, 0) is 6.54 Å². The van der Waals surface area contributed by atoms with Gasteiger partial charge in [0.25, 0.3) is 5.91 Å². The molecular formula is C16H21N3O2S. The Morgan fingerprint density at radius 2 is 2.50 bits per heavy atom. The third-order valence-corrected chi connectivity index (χ3v) is 4.83. The van der Waals surface area contributed by atoms with Crippen LogP contribution in [0, 0.1) is 5.92 Å². The van der Waals surface area contributed by atoms with Crippen LogP contribution in [0.1, 0.15) is 34.7 Å². The lowest BCUT2D eigenvalue weighted by Crippen LogP contribution is -2.36. The van der Waals surface area contributed by atoms with Gasteiger partial charge in [0, 0.05) is 13.1 Å². The fourth-order valence-corrected chi connectivity index (χ4v) is 3.49. The minimum absolute atomic E-state index is 0.00856. The zero-order valence-electron chi connectivity index (χ0n) is 12.5. The Bertz CT molecular complexity index is 568. The molecule has 22 heavy (non-hydrogen) atoms. The highest BCUT2D eigenvalue weighted by atomic mass is 32.1. The molecule has 2 aromatic heterocycles. The highest BCUT2D eigenvalue weighted by Gasteiger charge is 2.20. The van der Waals surface area contributed by atoms with Gasteiger partial charge < -0.3 is 9.73 Å². The van der Waals surface area contributed by atoms with Crippen molar-refractivity contribution in [2.75, 3.05) is 19.6 Å². The molecule has 0 saturated carbocycles. The van der Waals surface area contributed by atoms with Crippen LogP contribution in [0.4, 0.5) is 0 Å². The zero-order valence-corrected chi connectivity index (χ0v) is 13.3. The summed E-state index contributed by atoms with van der Waals surface area (Å²) in [5, 5.41) is 2.99. The summed E-state index contributed by atoms with van der Waals surface area (Å²) in [6.45, 7) is 3.83. The normalized spacial score (nSPS) is 19.2. The molecule has 1 saturated heterocycles. The Kier molecular flexibility index (Phi) is 5.24. The van der Waals surface area contributed by atoms with E-state index in [1.165, 1.54) is 24.2 Å². The summed E-state index contributed by atoms with van der Waals surface area (Å²) in [5.41, 5.74) is 1.68. The first-order valence-corrected chi connectivity index (χ1v) is 8.60. The van der Waals surface area contributed by atoms with Gasteiger partial charge in [-0.2, -0.15) is 0 Å². The lowest BCUT2D eigenvalue weighted by molar-refractivity contribution is 0.0949. The SMILES string of the molecule is O=C(NCC[C@@H]1CCCN(Cc2ccco2)C1)c1cncs1. The van der Waals surface area contributed by atoms with E-state index in [0.717, 1.165) is 38.4 Å². The summed E-state index contributed by atoms with van der Waals surface area (Å²) >= 11 is 1.38. The number of hydrogen-bond donors (Lipinski definition) is 1. The van der Waals surface area contributed by atoms with Crippen LogP contribution in [0.5, 0.6) is 0 Å². The predicted octanol–water partition coefficient (Wildman–Crippen LogP) is 2.77. The van der Waals surface area contributed by atoms with E-state index >= 15 is 0 Å². The second-order valence-corrected chi connectivity index (χ2v) is 6.62. The Balaban J connectivity index is 1.40. The van der Waals surface area contributed by atoms with Crippen molar-refractivity contribution in [3.63, 3.8) is 0 Å². The van der Waals surface area contributed by atoms with Crippen LogP contribution in [0.3, 0.4) is 0 Å². The third kappa shape index (κ3) is 4.18. The van der Waals surface area contributed by atoms with Crippen molar-refractivity contribution in [1.29, 1.82) is 0 Å². The molecule has 1 aliphatic rings. The van der Waals surface area contributed by atoms with Crippen molar-refractivity contribution in [1.82, 2.24) is 15.2 Å². The van der Waals surface area contributed by atoms with Crippen LogP contribution in [0.15, 0.2) is 34.5 Å². The first kappa shape index (κ1) is 15.2. The Labute approximate surface area is 134 Å². The van der Waals surface area contributed by atoms with E-state index in [2.05, 4.69) is 15.2 Å². The van der Waals surface area contributed by atoms with Crippen molar-refractivity contribution < 1.29 is 9.21 Å². The smallest absolute Gasteiger partial charge is 0.262 e. The Morgan fingerprint density at radius 1 is 1.55 bits per heavy atom. The van der Waals surface area contributed by atoms with Gasteiger partial charge in [0.2, 0.25) is 0 Å². The molecule has 0 radical (unpaired) electrons. The molecule has 5 nitrogen and oxygen atoms in total.